The number of nitrogens with two attached hydrogens (primary N) is 1. The zero-order chi connectivity index (χ0) is 12.9. The van der Waals surface area contributed by atoms with Crippen LogP contribution < -0.4 is 16.0 Å². The monoisotopic (exact) mass is 234 g/mol. The summed E-state index contributed by atoms with van der Waals surface area (Å²) in [5, 5.41) is 0. The van der Waals surface area contributed by atoms with Crippen molar-refractivity contribution in [3.05, 3.63) is 11.9 Å². The summed E-state index contributed by atoms with van der Waals surface area (Å²) in [7, 11) is 0. The van der Waals surface area contributed by atoms with Crippen molar-refractivity contribution in [3.63, 3.8) is 0 Å². The first-order valence-electron chi connectivity index (χ1n) is 5.52. The summed E-state index contributed by atoms with van der Waals surface area (Å²) in [4.78, 5) is 8.50. The molecule has 0 spiro atoms. The van der Waals surface area contributed by atoms with E-state index in [2.05, 4.69) is 28.2 Å². The lowest BCUT2D eigenvalue weighted by atomic mass is 10.1. The molecule has 5 nitrogen and oxygen atoms in total. The fourth-order valence-corrected chi connectivity index (χ4v) is 1.23. The van der Waals surface area contributed by atoms with Gasteiger partial charge in [-0.1, -0.05) is 12.8 Å². The number of nitrogens with one attached hydrogen (secondary N) is 1. The molecule has 0 bridgehead atoms. The van der Waals surface area contributed by atoms with Crippen LogP contribution in [0.25, 0.3) is 0 Å². The van der Waals surface area contributed by atoms with Crippen LogP contribution in [0.1, 0.15) is 33.0 Å². The molecule has 0 aliphatic carbocycles. The van der Waals surface area contributed by atoms with E-state index in [4.69, 9.17) is 17.0 Å². The summed E-state index contributed by atoms with van der Waals surface area (Å²) in [6, 6.07) is 1.62. The number of ether oxygens (including phenoxy) is 1. The van der Waals surface area contributed by atoms with Gasteiger partial charge in [-0.15, -0.1) is 6.42 Å². The van der Waals surface area contributed by atoms with Crippen LogP contribution in [0.15, 0.2) is 6.07 Å². The molecule has 17 heavy (non-hydrogen) atoms. The molecule has 0 aliphatic rings. The van der Waals surface area contributed by atoms with Gasteiger partial charge in [0, 0.05) is 12.5 Å². The van der Waals surface area contributed by atoms with E-state index in [1.807, 2.05) is 0 Å². The van der Waals surface area contributed by atoms with Crippen molar-refractivity contribution in [1.82, 2.24) is 9.97 Å². The molecule has 1 rings (SSSR count). The molecule has 0 aromatic carbocycles. The van der Waals surface area contributed by atoms with Gasteiger partial charge in [0.2, 0.25) is 5.88 Å². The van der Waals surface area contributed by atoms with Crippen molar-refractivity contribution in [1.29, 1.82) is 0 Å². The SMILES string of the molecule is C#CC(C)(C)Oc1cc(NN)nc(CCC)n1. The Morgan fingerprint density at radius 3 is 2.76 bits per heavy atom. The summed E-state index contributed by atoms with van der Waals surface area (Å²) in [6.07, 6.45) is 7.08. The predicted molar refractivity (Wildman–Crippen MR) is 67.4 cm³/mol. The van der Waals surface area contributed by atoms with E-state index in [9.17, 15) is 0 Å². The van der Waals surface area contributed by atoms with Crippen LogP contribution in [0.2, 0.25) is 0 Å². The smallest absolute Gasteiger partial charge is 0.220 e. The van der Waals surface area contributed by atoms with Gasteiger partial charge in [0.05, 0.1) is 0 Å². The summed E-state index contributed by atoms with van der Waals surface area (Å²) in [5.41, 5.74) is 1.78. The third-order valence-electron chi connectivity index (χ3n) is 2.08. The average Bonchev–Trinajstić information content (AvgIpc) is 2.28. The summed E-state index contributed by atoms with van der Waals surface area (Å²) < 4.78 is 5.60. The number of aromatic nitrogens is 2. The lowest BCUT2D eigenvalue weighted by Gasteiger charge is -2.19. The minimum absolute atomic E-state index is 0.430. The van der Waals surface area contributed by atoms with Gasteiger partial charge in [0.15, 0.2) is 5.60 Å². The van der Waals surface area contributed by atoms with Gasteiger partial charge in [0.25, 0.3) is 0 Å². The molecule has 0 fully saturated rings. The minimum Gasteiger partial charge on any atom is -0.458 e. The highest BCUT2D eigenvalue weighted by Gasteiger charge is 2.17. The molecule has 1 heterocycles. The quantitative estimate of drug-likeness (QED) is 0.459. The van der Waals surface area contributed by atoms with E-state index in [1.54, 1.807) is 19.9 Å². The number of rotatable bonds is 5. The first-order chi connectivity index (χ1) is 8.00. The molecule has 92 valence electrons. The lowest BCUT2D eigenvalue weighted by Crippen LogP contribution is -2.26. The molecule has 3 N–H and O–H groups in total. The zero-order valence-electron chi connectivity index (χ0n) is 10.4. The number of hydrogen-bond donors (Lipinski definition) is 2. The normalized spacial score (nSPS) is 10.8. The molecule has 0 saturated heterocycles. The fourth-order valence-electron chi connectivity index (χ4n) is 1.23. The molecule has 0 radical (unpaired) electrons. The maximum atomic E-state index is 5.60. The highest BCUT2D eigenvalue weighted by Crippen LogP contribution is 2.18. The van der Waals surface area contributed by atoms with Crippen LogP contribution in [-0.2, 0) is 6.42 Å². The lowest BCUT2D eigenvalue weighted by molar-refractivity contribution is 0.164. The van der Waals surface area contributed by atoms with Gasteiger partial charge in [-0.3, -0.25) is 0 Å². The number of hydrogen-bond acceptors (Lipinski definition) is 5. The van der Waals surface area contributed by atoms with Crippen molar-refractivity contribution in [2.45, 2.75) is 39.2 Å². The summed E-state index contributed by atoms with van der Waals surface area (Å²) >= 11 is 0. The van der Waals surface area contributed by atoms with Gasteiger partial charge in [-0.2, -0.15) is 4.98 Å². The Balaban J connectivity index is 2.99. The maximum absolute atomic E-state index is 5.60. The van der Waals surface area contributed by atoms with Crippen LogP contribution in [-0.4, -0.2) is 15.6 Å². The largest absolute Gasteiger partial charge is 0.458 e. The molecule has 0 unspecified atom stereocenters. The van der Waals surface area contributed by atoms with Crippen molar-refractivity contribution in [3.8, 4) is 18.2 Å². The molecular weight excluding hydrogens is 216 g/mol. The Kier molecular flexibility index (Phi) is 4.30. The van der Waals surface area contributed by atoms with E-state index in [1.165, 1.54) is 0 Å². The van der Waals surface area contributed by atoms with Gasteiger partial charge < -0.3 is 10.2 Å². The van der Waals surface area contributed by atoms with E-state index in [-0.39, 0.29) is 0 Å². The topological polar surface area (TPSA) is 73.1 Å². The second-order valence-electron chi connectivity index (χ2n) is 4.16. The number of anilines is 1. The maximum Gasteiger partial charge on any atom is 0.220 e. The second kappa shape index (κ2) is 5.51. The predicted octanol–water partition coefficient (Wildman–Crippen LogP) is 1.51. The molecule has 1 aromatic rings. The van der Waals surface area contributed by atoms with Crippen LogP contribution in [0.4, 0.5) is 5.82 Å². The molecule has 0 saturated carbocycles. The van der Waals surface area contributed by atoms with E-state index >= 15 is 0 Å². The van der Waals surface area contributed by atoms with Crippen molar-refractivity contribution < 1.29 is 4.74 Å². The van der Waals surface area contributed by atoms with Gasteiger partial charge in [0.1, 0.15) is 11.6 Å². The number of aryl methyl sites for hydroxylation is 1. The summed E-state index contributed by atoms with van der Waals surface area (Å²) in [6.45, 7) is 5.64. The van der Waals surface area contributed by atoms with Gasteiger partial charge in [-0.25, -0.2) is 10.8 Å². The van der Waals surface area contributed by atoms with Crippen LogP contribution in [0, 0.1) is 12.3 Å². The summed E-state index contributed by atoms with van der Waals surface area (Å²) in [5.74, 6) is 9.52. The van der Waals surface area contributed by atoms with Gasteiger partial charge >= 0.3 is 0 Å². The van der Waals surface area contributed by atoms with E-state index in [0.717, 1.165) is 12.8 Å². The Bertz CT molecular complexity index is 423. The molecular formula is C12H18N4O. The molecule has 0 atom stereocenters. The van der Waals surface area contributed by atoms with Crippen molar-refractivity contribution in [2.75, 3.05) is 5.43 Å². The number of nitrogen functional groups attached to an aromatic ring is 1. The van der Waals surface area contributed by atoms with Crippen LogP contribution >= 0.6 is 0 Å². The number of hydrazine groups is 1. The van der Waals surface area contributed by atoms with Gasteiger partial charge in [-0.05, 0) is 20.3 Å². The first-order valence-corrected chi connectivity index (χ1v) is 5.52. The fraction of sp³-hybridized carbons (Fsp3) is 0.500. The Hall–Kier alpha value is -1.80. The van der Waals surface area contributed by atoms with E-state index in [0.29, 0.717) is 17.5 Å². The molecule has 1 aromatic heterocycles. The third-order valence-corrected chi connectivity index (χ3v) is 2.08. The van der Waals surface area contributed by atoms with Crippen LogP contribution in [0.3, 0.4) is 0 Å². The van der Waals surface area contributed by atoms with Crippen LogP contribution in [0.5, 0.6) is 5.88 Å². The van der Waals surface area contributed by atoms with Crippen molar-refractivity contribution >= 4 is 5.82 Å². The Labute approximate surface area is 102 Å². The Morgan fingerprint density at radius 1 is 1.53 bits per heavy atom. The minimum atomic E-state index is -0.705. The molecule has 5 heteroatoms. The number of nitrogens with zero attached hydrogens (tertiary/aromatic N) is 2. The highest BCUT2D eigenvalue weighted by atomic mass is 16.5. The standard InChI is InChI=1S/C12H18N4O/c1-5-7-9-14-10(16-13)8-11(15-9)17-12(3,4)6-2/h2,8H,5,7,13H2,1,3-4H3,(H,14,15,16). The van der Waals surface area contributed by atoms with Crippen molar-refractivity contribution in [2.24, 2.45) is 5.84 Å². The second-order valence-corrected chi connectivity index (χ2v) is 4.16. The average molecular weight is 234 g/mol. The molecule has 0 amide bonds. The first kappa shape index (κ1) is 13.3. The molecule has 0 aliphatic heterocycles. The highest BCUT2D eigenvalue weighted by molar-refractivity contribution is 5.37. The third kappa shape index (κ3) is 3.93. The van der Waals surface area contributed by atoms with E-state index < -0.39 is 5.60 Å². The Morgan fingerprint density at radius 2 is 2.24 bits per heavy atom. The number of terminal acetylenes is 1. The zero-order valence-corrected chi connectivity index (χ0v) is 10.4.